The van der Waals surface area contributed by atoms with E-state index in [1.54, 1.807) is 12.1 Å². The summed E-state index contributed by atoms with van der Waals surface area (Å²) in [6.07, 6.45) is -0.772. The highest BCUT2D eigenvalue weighted by molar-refractivity contribution is 7.89. The molecule has 0 amide bonds. The second-order valence-corrected chi connectivity index (χ2v) is 8.67. The van der Waals surface area contributed by atoms with Gasteiger partial charge in [-0.2, -0.15) is 0 Å². The Hall–Kier alpha value is -3.79. The summed E-state index contributed by atoms with van der Waals surface area (Å²) in [5, 5.41) is 38.6. The van der Waals surface area contributed by atoms with Crippen LogP contribution in [0.2, 0.25) is 0 Å². The topological polar surface area (TPSA) is 231 Å². The molecular formula is C20H26N4O10S. The van der Waals surface area contributed by atoms with Crippen LogP contribution < -0.4 is 20.5 Å². The molecule has 7 N–H and O–H groups in total. The number of hydrogen-bond acceptors (Lipinski definition) is 10. The van der Waals surface area contributed by atoms with Crippen LogP contribution in [0.3, 0.4) is 0 Å². The Labute approximate surface area is 200 Å². The minimum absolute atomic E-state index is 0.0240. The van der Waals surface area contributed by atoms with E-state index in [1.165, 1.54) is 13.0 Å². The summed E-state index contributed by atoms with van der Waals surface area (Å²) in [6, 6.07) is 11.2. The smallest absolute Gasteiger partial charge is 0.414 e. The number of aliphatic carboxylic acids is 2. The largest absolute Gasteiger partial charge is 0.491 e. The fourth-order valence-corrected chi connectivity index (χ4v) is 3.52. The van der Waals surface area contributed by atoms with Gasteiger partial charge in [0.15, 0.2) is 0 Å². The number of sulfonamides is 1. The molecule has 0 saturated heterocycles. The number of ether oxygens (including phenoxy) is 1. The molecule has 1 atom stereocenters. The number of benzene rings is 2. The molecule has 0 fully saturated rings. The summed E-state index contributed by atoms with van der Waals surface area (Å²) in [5.41, 5.74) is 5.57. The minimum Gasteiger partial charge on any atom is -0.491 e. The summed E-state index contributed by atoms with van der Waals surface area (Å²) in [4.78, 5) is 28.3. The number of carbonyl (C=O) groups is 2. The first-order chi connectivity index (χ1) is 16.3. The number of carboxylic acids is 2. The van der Waals surface area contributed by atoms with Gasteiger partial charge in [-0.3, -0.25) is 10.1 Å². The van der Waals surface area contributed by atoms with Crippen molar-refractivity contribution in [1.29, 1.82) is 0 Å². The molecule has 15 heteroatoms. The first-order valence-corrected chi connectivity index (χ1v) is 11.4. The molecule has 35 heavy (non-hydrogen) atoms. The predicted octanol–water partition coefficient (Wildman–Crippen LogP) is -0.0512. The molecule has 2 aromatic rings. The molecule has 0 aliphatic carbocycles. The highest BCUT2D eigenvalue weighted by atomic mass is 32.2. The highest BCUT2D eigenvalue weighted by Crippen LogP contribution is 2.27. The molecule has 1 unspecified atom stereocenters. The van der Waals surface area contributed by atoms with E-state index in [9.17, 15) is 23.6 Å². The summed E-state index contributed by atoms with van der Waals surface area (Å²) < 4.78 is 32.4. The van der Waals surface area contributed by atoms with Crippen LogP contribution in [0.5, 0.6) is 5.75 Å². The van der Waals surface area contributed by atoms with Crippen molar-refractivity contribution in [1.82, 2.24) is 10.0 Å². The van der Waals surface area contributed by atoms with Gasteiger partial charge in [-0.25, -0.2) is 22.7 Å². The summed E-state index contributed by atoms with van der Waals surface area (Å²) in [5.74, 6) is -3.00. The molecule has 0 heterocycles. The third-order valence-corrected chi connectivity index (χ3v) is 5.68. The van der Waals surface area contributed by atoms with Crippen molar-refractivity contribution in [3.63, 3.8) is 0 Å². The maximum atomic E-state index is 12.3. The molecule has 14 nitrogen and oxygen atoms in total. The van der Waals surface area contributed by atoms with E-state index in [-0.39, 0.29) is 48.1 Å². The highest BCUT2D eigenvalue weighted by Gasteiger charge is 2.21. The number of nitrogens with two attached hydrogens (primary N) is 1. The number of para-hydroxylation sites is 1. The molecule has 2 rings (SSSR count). The number of aliphatic hydroxyl groups excluding tert-OH is 1. The molecule has 0 aliphatic heterocycles. The zero-order valence-electron chi connectivity index (χ0n) is 18.6. The summed E-state index contributed by atoms with van der Waals surface area (Å²) >= 11 is 0. The summed E-state index contributed by atoms with van der Waals surface area (Å²) in [6.45, 7) is 2.02. The zero-order chi connectivity index (χ0) is 26.6. The van der Waals surface area contributed by atoms with Crippen molar-refractivity contribution in [3.8, 4) is 5.75 Å². The molecule has 0 bridgehead atoms. The van der Waals surface area contributed by atoms with Crippen LogP contribution in [0.1, 0.15) is 5.56 Å². The van der Waals surface area contributed by atoms with Crippen molar-refractivity contribution < 1.29 is 43.0 Å². The Morgan fingerprint density at radius 1 is 1.14 bits per heavy atom. The fraction of sp³-hybridized carbons (Fsp3) is 0.300. The van der Waals surface area contributed by atoms with Gasteiger partial charge in [0, 0.05) is 37.0 Å². The number of nitro benzene ring substituents is 1. The van der Waals surface area contributed by atoms with Crippen LogP contribution >= 0.6 is 0 Å². The molecule has 192 valence electrons. The Kier molecular flexibility index (Phi) is 11.5. The van der Waals surface area contributed by atoms with Gasteiger partial charge in [0.1, 0.15) is 18.5 Å². The van der Waals surface area contributed by atoms with Crippen LogP contribution in [0.4, 0.5) is 11.4 Å². The molecule has 0 saturated carbocycles. The fourth-order valence-electron chi connectivity index (χ4n) is 2.43. The van der Waals surface area contributed by atoms with Crippen LogP contribution in [0.15, 0.2) is 47.4 Å². The van der Waals surface area contributed by atoms with E-state index in [0.717, 1.165) is 6.07 Å². The van der Waals surface area contributed by atoms with Crippen molar-refractivity contribution >= 4 is 33.3 Å². The Morgan fingerprint density at radius 2 is 1.74 bits per heavy atom. The van der Waals surface area contributed by atoms with Crippen molar-refractivity contribution in [2.24, 2.45) is 0 Å². The number of nitrogens with one attached hydrogen (secondary N) is 2. The average molecular weight is 515 g/mol. The number of nitro groups is 1. The third-order valence-electron chi connectivity index (χ3n) is 4.24. The Bertz CT molecular complexity index is 1110. The molecule has 0 spiro atoms. The lowest BCUT2D eigenvalue weighted by molar-refractivity contribution is -0.385. The lowest BCUT2D eigenvalue weighted by Gasteiger charge is -2.14. The van der Waals surface area contributed by atoms with Gasteiger partial charge in [-0.15, -0.1) is 0 Å². The quantitative estimate of drug-likeness (QED) is 0.0761. The number of nitrogens with zero attached hydrogens (tertiary/aromatic N) is 1. The van der Waals surface area contributed by atoms with Gasteiger partial charge < -0.3 is 31.1 Å². The maximum absolute atomic E-state index is 12.3. The minimum atomic E-state index is -3.96. The number of carboxylic acid groups (broad SMARTS) is 2. The maximum Gasteiger partial charge on any atom is 0.414 e. The zero-order valence-corrected chi connectivity index (χ0v) is 19.4. The average Bonchev–Trinajstić information content (AvgIpc) is 2.79. The Morgan fingerprint density at radius 3 is 2.29 bits per heavy atom. The normalized spacial score (nSPS) is 11.6. The van der Waals surface area contributed by atoms with Crippen LogP contribution in [-0.4, -0.2) is 72.9 Å². The van der Waals surface area contributed by atoms with Crippen LogP contribution in [0, 0.1) is 17.0 Å². The number of aliphatic hydroxyl groups is 1. The monoisotopic (exact) mass is 514 g/mol. The van der Waals surface area contributed by atoms with Gasteiger partial charge >= 0.3 is 11.9 Å². The molecular weight excluding hydrogens is 488 g/mol. The van der Waals surface area contributed by atoms with Gasteiger partial charge in [-0.1, -0.05) is 18.2 Å². The Balaban J connectivity index is 0.000000905. The van der Waals surface area contributed by atoms with Crippen LogP contribution in [-0.2, 0) is 19.6 Å². The second kappa shape index (κ2) is 13.8. The summed E-state index contributed by atoms with van der Waals surface area (Å²) in [7, 11) is -3.96. The second-order valence-electron chi connectivity index (χ2n) is 6.90. The van der Waals surface area contributed by atoms with E-state index in [2.05, 4.69) is 10.0 Å². The van der Waals surface area contributed by atoms with Crippen molar-refractivity contribution in [3.05, 3.63) is 58.1 Å². The SMILES string of the molecule is Cc1c(N)cc(S(=O)(=O)NCCNCC(O)COc2ccccc2)cc1[N+](=O)[O-].O=C(O)C(=O)O. The first-order valence-electron chi connectivity index (χ1n) is 9.92. The molecule has 2 aromatic carbocycles. The number of nitrogen functional groups attached to an aromatic ring is 1. The van der Waals surface area contributed by atoms with Gasteiger partial charge in [0.2, 0.25) is 10.0 Å². The van der Waals surface area contributed by atoms with Crippen molar-refractivity contribution in [2.45, 2.75) is 17.9 Å². The van der Waals surface area contributed by atoms with Gasteiger partial charge in [0.05, 0.1) is 9.82 Å². The molecule has 0 radical (unpaired) electrons. The predicted molar refractivity (Wildman–Crippen MR) is 124 cm³/mol. The van der Waals surface area contributed by atoms with Gasteiger partial charge in [0.25, 0.3) is 5.69 Å². The van der Waals surface area contributed by atoms with E-state index >= 15 is 0 Å². The lowest BCUT2D eigenvalue weighted by Crippen LogP contribution is -2.37. The van der Waals surface area contributed by atoms with E-state index in [1.807, 2.05) is 18.2 Å². The number of anilines is 1. The standard InChI is InChI=1S/C18H24N4O6S.C2H2O4/c1-13-17(19)9-16(10-18(13)22(24)25)29(26,27)21-8-7-20-11-14(23)12-28-15-5-3-2-4-6-15;3-1(4)2(5)6/h2-6,9-10,14,20-21,23H,7-8,11-12,19H2,1H3;(H,3,4)(H,5,6). The lowest BCUT2D eigenvalue weighted by atomic mass is 10.1. The third kappa shape index (κ3) is 10.3. The van der Waals surface area contributed by atoms with Crippen molar-refractivity contribution in [2.75, 3.05) is 32.0 Å². The van der Waals surface area contributed by atoms with E-state index in [4.69, 9.17) is 30.3 Å². The number of hydrogen-bond donors (Lipinski definition) is 6. The van der Waals surface area contributed by atoms with Gasteiger partial charge in [-0.05, 0) is 25.1 Å². The van der Waals surface area contributed by atoms with Crippen LogP contribution in [0.25, 0.3) is 0 Å². The first kappa shape index (κ1) is 29.2. The molecule has 0 aromatic heterocycles. The molecule has 0 aliphatic rings. The number of rotatable bonds is 11. The van der Waals surface area contributed by atoms with E-state index in [0.29, 0.717) is 5.75 Å². The van der Waals surface area contributed by atoms with E-state index < -0.39 is 33.0 Å².